The second-order valence-corrected chi connectivity index (χ2v) is 3.80. The van der Waals surface area contributed by atoms with Crippen LogP contribution in [0.4, 0.5) is 0 Å². The van der Waals surface area contributed by atoms with Crippen LogP contribution in [0.15, 0.2) is 18.2 Å². The van der Waals surface area contributed by atoms with E-state index in [2.05, 4.69) is 9.97 Å². The first-order chi connectivity index (χ1) is 8.17. The summed E-state index contributed by atoms with van der Waals surface area (Å²) in [6, 6.07) is 5.06. The van der Waals surface area contributed by atoms with Crippen LogP contribution in [0.5, 0.6) is 0 Å². The number of aromatic nitrogens is 2. The van der Waals surface area contributed by atoms with E-state index in [0.29, 0.717) is 11.0 Å². The minimum absolute atomic E-state index is 0.215. The summed E-state index contributed by atoms with van der Waals surface area (Å²) >= 11 is 0. The quantitative estimate of drug-likeness (QED) is 0.879. The van der Waals surface area contributed by atoms with Crippen molar-refractivity contribution in [2.75, 3.05) is 0 Å². The van der Waals surface area contributed by atoms with Crippen LogP contribution in [0.3, 0.4) is 0 Å². The number of fused-ring (bicyclic) bond motifs is 1. The maximum atomic E-state index is 11.1. The zero-order chi connectivity index (χ0) is 12.4. The van der Waals surface area contributed by atoms with Crippen molar-refractivity contribution < 1.29 is 9.90 Å². The van der Waals surface area contributed by atoms with Gasteiger partial charge in [-0.25, -0.2) is 14.8 Å². The van der Waals surface area contributed by atoms with Gasteiger partial charge in [-0.05, 0) is 25.0 Å². The van der Waals surface area contributed by atoms with Gasteiger partial charge < -0.3 is 5.11 Å². The average Bonchev–Trinajstić information content (AvgIpc) is 2.35. The molecule has 0 amide bonds. The number of nitrogens with zero attached hydrogens (tertiary/aromatic N) is 2. The van der Waals surface area contributed by atoms with Gasteiger partial charge in [0.1, 0.15) is 5.52 Å². The summed E-state index contributed by atoms with van der Waals surface area (Å²) in [5.41, 5.74) is 3.18. The molecule has 0 saturated heterocycles. The second kappa shape index (κ2) is 4.49. The zero-order valence-electron chi connectivity index (χ0n) is 9.90. The SMILES string of the molecule is CCc1nc2cccc(C(=O)O)c2nc1CC. The summed E-state index contributed by atoms with van der Waals surface area (Å²) in [6.07, 6.45) is 1.57. The number of carboxylic acid groups (broad SMARTS) is 1. The molecule has 2 rings (SSSR count). The molecular weight excluding hydrogens is 216 g/mol. The first-order valence-electron chi connectivity index (χ1n) is 5.69. The molecule has 1 aromatic heterocycles. The molecule has 0 spiro atoms. The molecule has 0 saturated carbocycles. The molecule has 0 aliphatic heterocycles. The van der Waals surface area contributed by atoms with Crippen molar-refractivity contribution in [3.63, 3.8) is 0 Å². The van der Waals surface area contributed by atoms with Gasteiger partial charge in [-0.1, -0.05) is 19.9 Å². The molecule has 0 atom stereocenters. The molecule has 17 heavy (non-hydrogen) atoms. The number of benzene rings is 1. The molecule has 88 valence electrons. The van der Waals surface area contributed by atoms with E-state index in [0.717, 1.165) is 24.2 Å². The number of carbonyl (C=O) groups is 1. The molecule has 0 aliphatic carbocycles. The Balaban J connectivity index is 2.78. The van der Waals surface area contributed by atoms with Crippen LogP contribution in [0.1, 0.15) is 35.6 Å². The maximum absolute atomic E-state index is 11.1. The number of rotatable bonds is 3. The lowest BCUT2D eigenvalue weighted by Gasteiger charge is -2.07. The van der Waals surface area contributed by atoms with Crippen LogP contribution in [0.25, 0.3) is 11.0 Å². The van der Waals surface area contributed by atoms with Crippen molar-refractivity contribution in [3.05, 3.63) is 35.2 Å². The van der Waals surface area contributed by atoms with Crippen LogP contribution in [0, 0.1) is 0 Å². The fourth-order valence-corrected chi connectivity index (χ4v) is 1.89. The van der Waals surface area contributed by atoms with E-state index in [1.165, 1.54) is 0 Å². The Morgan fingerprint density at radius 1 is 1.18 bits per heavy atom. The van der Waals surface area contributed by atoms with E-state index in [-0.39, 0.29) is 5.56 Å². The summed E-state index contributed by atoms with van der Waals surface area (Å²) in [6.45, 7) is 4.02. The van der Waals surface area contributed by atoms with Crippen LogP contribution in [-0.2, 0) is 12.8 Å². The van der Waals surface area contributed by atoms with E-state index in [9.17, 15) is 4.79 Å². The van der Waals surface area contributed by atoms with Crippen LogP contribution < -0.4 is 0 Å². The molecule has 0 unspecified atom stereocenters. The van der Waals surface area contributed by atoms with Gasteiger partial charge in [0.15, 0.2) is 0 Å². The highest BCUT2D eigenvalue weighted by atomic mass is 16.4. The van der Waals surface area contributed by atoms with Gasteiger partial charge in [0.25, 0.3) is 0 Å². The summed E-state index contributed by atoms with van der Waals surface area (Å²) in [4.78, 5) is 20.0. The largest absolute Gasteiger partial charge is 0.478 e. The van der Waals surface area contributed by atoms with E-state index in [1.54, 1.807) is 18.2 Å². The highest BCUT2D eigenvalue weighted by Gasteiger charge is 2.12. The lowest BCUT2D eigenvalue weighted by Crippen LogP contribution is -2.05. The van der Waals surface area contributed by atoms with E-state index >= 15 is 0 Å². The van der Waals surface area contributed by atoms with E-state index in [4.69, 9.17) is 5.11 Å². The highest BCUT2D eigenvalue weighted by molar-refractivity contribution is 6.00. The maximum Gasteiger partial charge on any atom is 0.337 e. The van der Waals surface area contributed by atoms with Crippen molar-refractivity contribution in [1.82, 2.24) is 9.97 Å². The number of carboxylic acids is 1. The van der Waals surface area contributed by atoms with Gasteiger partial charge in [0.2, 0.25) is 0 Å². The number of hydrogen-bond donors (Lipinski definition) is 1. The molecule has 2 aromatic rings. The molecule has 1 N–H and O–H groups in total. The summed E-state index contributed by atoms with van der Waals surface area (Å²) < 4.78 is 0. The molecule has 1 heterocycles. The molecule has 0 aliphatic rings. The fraction of sp³-hybridized carbons (Fsp3) is 0.308. The molecule has 4 heteroatoms. The molecule has 0 fully saturated rings. The van der Waals surface area contributed by atoms with Gasteiger partial charge in [-0.15, -0.1) is 0 Å². The van der Waals surface area contributed by atoms with Gasteiger partial charge in [0.05, 0.1) is 22.5 Å². The van der Waals surface area contributed by atoms with Crippen molar-refractivity contribution in [2.45, 2.75) is 26.7 Å². The van der Waals surface area contributed by atoms with Crippen LogP contribution in [-0.4, -0.2) is 21.0 Å². The number of hydrogen-bond acceptors (Lipinski definition) is 3. The Morgan fingerprint density at radius 3 is 2.41 bits per heavy atom. The molecule has 1 aromatic carbocycles. The van der Waals surface area contributed by atoms with Crippen molar-refractivity contribution in [1.29, 1.82) is 0 Å². The smallest absolute Gasteiger partial charge is 0.337 e. The van der Waals surface area contributed by atoms with Crippen molar-refractivity contribution >= 4 is 17.0 Å². The van der Waals surface area contributed by atoms with Crippen molar-refractivity contribution in [3.8, 4) is 0 Å². The number of aryl methyl sites for hydroxylation is 2. The highest BCUT2D eigenvalue weighted by Crippen LogP contribution is 2.18. The Morgan fingerprint density at radius 2 is 1.82 bits per heavy atom. The minimum Gasteiger partial charge on any atom is -0.478 e. The van der Waals surface area contributed by atoms with Crippen LogP contribution >= 0.6 is 0 Å². The number of para-hydroxylation sites is 1. The van der Waals surface area contributed by atoms with E-state index in [1.807, 2.05) is 13.8 Å². The third-order valence-electron chi connectivity index (χ3n) is 2.75. The normalized spacial score (nSPS) is 10.7. The Bertz CT molecular complexity index is 579. The summed E-state index contributed by atoms with van der Waals surface area (Å²) in [5, 5.41) is 9.11. The van der Waals surface area contributed by atoms with Gasteiger partial charge in [0, 0.05) is 0 Å². The average molecular weight is 230 g/mol. The topological polar surface area (TPSA) is 63.1 Å². The third kappa shape index (κ3) is 1.98. The predicted octanol–water partition coefficient (Wildman–Crippen LogP) is 2.45. The molecule has 0 radical (unpaired) electrons. The van der Waals surface area contributed by atoms with Crippen LogP contribution in [0.2, 0.25) is 0 Å². The van der Waals surface area contributed by atoms with Crippen molar-refractivity contribution in [2.24, 2.45) is 0 Å². The standard InChI is InChI=1S/C13H14N2O2/c1-3-9-10(4-2)15-12-8(13(16)17)6-5-7-11(12)14-9/h5-7H,3-4H2,1-2H3,(H,16,17). The second-order valence-electron chi connectivity index (χ2n) is 3.80. The lowest BCUT2D eigenvalue weighted by molar-refractivity contribution is 0.0699. The van der Waals surface area contributed by atoms with Gasteiger partial charge >= 0.3 is 5.97 Å². The fourth-order valence-electron chi connectivity index (χ4n) is 1.89. The van der Waals surface area contributed by atoms with E-state index < -0.39 is 5.97 Å². The predicted molar refractivity (Wildman–Crippen MR) is 65.3 cm³/mol. The zero-order valence-corrected chi connectivity index (χ0v) is 9.90. The summed E-state index contributed by atoms with van der Waals surface area (Å²) in [7, 11) is 0. The third-order valence-corrected chi connectivity index (χ3v) is 2.75. The molecule has 4 nitrogen and oxygen atoms in total. The number of aromatic carboxylic acids is 1. The summed E-state index contributed by atoms with van der Waals surface area (Å²) in [5.74, 6) is -0.962. The Kier molecular flexibility index (Phi) is 3.04. The molecule has 0 bridgehead atoms. The Hall–Kier alpha value is -1.97. The lowest BCUT2D eigenvalue weighted by atomic mass is 10.1. The van der Waals surface area contributed by atoms with Gasteiger partial charge in [-0.3, -0.25) is 0 Å². The Labute approximate surface area is 99.3 Å². The monoisotopic (exact) mass is 230 g/mol. The first-order valence-corrected chi connectivity index (χ1v) is 5.69. The minimum atomic E-state index is -0.962. The molecular formula is C13H14N2O2. The van der Waals surface area contributed by atoms with Gasteiger partial charge in [-0.2, -0.15) is 0 Å². The first kappa shape index (κ1) is 11.5.